The molecule has 0 saturated carbocycles. The standard InChI is InChI=1S/C9H9ClO2Si/c1-6-4-3-5-8(7(6)2)9(11)12-13-10/h3-5H,1-2H3. The molecule has 0 aliphatic heterocycles. The molecule has 0 aromatic heterocycles. The third kappa shape index (κ3) is 2.32. The summed E-state index contributed by atoms with van der Waals surface area (Å²) in [5.74, 6) is -0.352. The van der Waals surface area contributed by atoms with Crippen LogP contribution in [-0.2, 0) is 4.43 Å². The Hall–Kier alpha value is -0.803. The molecule has 2 radical (unpaired) electrons. The van der Waals surface area contributed by atoms with Gasteiger partial charge in [0.05, 0.1) is 5.56 Å². The van der Waals surface area contributed by atoms with E-state index in [9.17, 15) is 4.79 Å². The first-order valence-corrected chi connectivity index (χ1v) is 5.72. The number of aryl methyl sites for hydroxylation is 1. The summed E-state index contributed by atoms with van der Waals surface area (Å²) in [5, 5.41) is 0. The molecule has 4 heteroatoms. The van der Waals surface area contributed by atoms with Crippen molar-refractivity contribution in [2.75, 3.05) is 0 Å². The predicted octanol–water partition coefficient (Wildman–Crippen LogP) is 2.23. The Morgan fingerprint density at radius 1 is 1.46 bits per heavy atom. The molecule has 0 aliphatic carbocycles. The number of carbonyl (C=O) groups is 1. The fourth-order valence-corrected chi connectivity index (χ4v) is 1.45. The Labute approximate surface area is 84.5 Å². The normalized spacial score (nSPS) is 9.77. The van der Waals surface area contributed by atoms with Gasteiger partial charge < -0.3 is 4.43 Å². The SMILES string of the molecule is Cc1cccc(C(=O)O[Si]Cl)c1C. The first kappa shape index (κ1) is 10.3. The largest absolute Gasteiger partial charge is 0.497 e. The van der Waals surface area contributed by atoms with E-state index in [1.54, 1.807) is 6.07 Å². The van der Waals surface area contributed by atoms with Crippen LogP contribution >= 0.6 is 11.1 Å². The van der Waals surface area contributed by atoms with E-state index in [0.29, 0.717) is 5.56 Å². The minimum atomic E-state index is -0.352. The smallest absolute Gasteiger partial charge is 0.442 e. The summed E-state index contributed by atoms with van der Waals surface area (Å²) in [4.78, 5) is 11.3. The van der Waals surface area contributed by atoms with E-state index < -0.39 is 0 Å². The van der Waals surface area contributed by atoms with Crippen LogP contribution in [0.2, 0.25) is 0 Å². The molecular weight excluding hydrogens is 204 g/mol. The van der Waals surface area contributed by atoms with Gasteiger partial charge in [-0.1, -0.05) is 12.1 Å². The number of hydrogen-bond acceptors (Lipinski definition) is 2. The van der Waals surface area contributed by atoms with E-state index in [-0.39, 0.29) is 15.0 Å². The zero-order valence-corrected chi connectivity index (χ0v) is 9.18. The fourth-order valence-electron chi connectivity index (χ4n) is 1.06. The summed E-state index contributed by atoms with van der Waals surface area (Å²) in [7, 11) is -0.321. The zero-order valence-electron chi connectivity index (χ0n) is 7.43. The first-order valence-electron chi connectivity index (χ1n) is 3.80. The maximum Gasteiger partial charge on any atom is 0.442 e. The molecule has 0 amide bonds. The van der Waals surface area contributed by atoms with Crippen LogP contribution in [0.5, 0.6) is 0 Å². The fraction of sp³-hybridized carbons (Fsp3) is 0.222. The second-order valence-corrected chi connectivity index (χ2v) is 3.54. The molecule has 0 N–H and O–H groups in total. The van der Waals surface area contributed by atoms with E-state index in [1.807, 2.05) is 26.0 Å². The molecule has 1 aromatic carbocycles. The first-order chi connectivity index (χ1) is 6.16. The Morgan fingerprint density at radius 3 is 2.77 bits per heavy atom. The molecule has 68 valence electrons. The van der Waals surface area contributed by atoms with Crippen molar-refractivity contribution in [3.05, 3.63) is 34.9 Å². The van der Waals surface area contributed by atoms with Crippen molar-refractivity contribution < 1.29 is 9.22 Å². The molecule has 1 rings (SSSR count). The minimum absolute atomic E-state index is 0.321. The van der Waals surface area contributed by atoms with Crippen molar-refractivity contribution in [3.63, 3.8) is 0 Å². The van der Waals surface area contributed by atoms with E-state index in [1.165, 1.54) is 0 Å². The van der Waals surface area contributed by atoms with E-state index >= 15 is 0 Å². The molecule has 2 nitrogen and oxygen atoms in total. The maximum absolute atomic E-state index is 11.3. The average molecular weight is 213 g/mol. The van der Waals surface area contributed by atoms with Crippen LogP contribution in [-0.4, -0.2) is 15.0 Å². The Bertz CT molecular complexity index is 325. The van der Waals surface area contributed by atoms with Crippen LogP contribution in [0.1, 0.15) is 21.5 Å². The van der Waals surface area contributed by atoms with Gasteiger partial charge in [-0.05, 0) is 31.0 Å². The van der Waals surface area contributed by atoms with Crippen molar-refractivity contribution in [1.82, 2.24) is 0 Å². The van der Waals surface area contributed by atoms with Crippen molar-refractivity contribution in [2.45, 2.75) is 13.8 Å². The van der Waals surface area contributed by atoms with Crippen LogP contribution < -0.4 is 0 Å². The topological polar surface area (TPSA) is 26.3 Å². The molecule has 13 heavy (non-hydrogen) atoms. The molecule has 0 bridgehead atoms. The predicted molar refractivity (Wildman–Crippen MR) is 52.9 cm³/mol. The lowest BCUT2D eigenvalue weighted by Gasteiger charge is -2.06. The molecule has 1 aromatic rings. The summed E-state index contributed by atoms with van der Waals surface area (Å²) in [6, 6.07) is 5.52. The van der Waals surface area contributed by atoms with Crippen LogP contribution in [0, 0.1) is 13.8 Å². The number of benzene rings is 1. The van der Waals surface area contributed by atoms with E-state index in [0.717, 1.165) is 11.1 Å². The summed E-state index contributed by atoms with van der Waals surface area (Å²) < 4.78 is 4.72. The Balaban J connectivity index is 3.01. The summed E-state index contributed by atoms with van der Waals surface area (Å²) in [6.07, 6.45) is 0. The lowest BCUT2D eigenvalue weighted by atomic mass is 10.0. The van der Waals surface area contributed by atoms with Gasteiger partial charge in [-0.25, -0.2) is 4.79 Å². The van der Waals surface area contributed by atoms with E-state index in [4.69, 9.17) is 15.5 Å². The quantitative estimate of drug-likeness (QED) is 0.555. The molecule has 0 heterocycles. The van der Waals surface area contributed by atoms with Crippen LogP contribution in [0.15, 0.2) is 18.2 Å². The van der Waals surface area contributed by atoms with Gasteiger partial charge in [0.1, 0.15) is 0 Å². The minimum Gasteiger partial charge on any atom is -0.497 e. The zero-order chi connectivity index (χ0) is 9.84. The van der Waals surface area contributed by atoms with Crippen molar-refractivity contribution in [3.8, 4) is 0 Å². The second-order valence-electron chi connectivity index (χ2n) is 2.71. The van der Waals surface area contributed by atoms with Gasteiger partial charge in [0.25, 0.3) is 0 Å². The summed E-state index contributed by atoms with van der Waals surface area (Å²) >= 11 is 5.32. The lowest BCUT2D eigenvalue weighted by Crippen LogP contribution is -2.07. The monoisotopic (exact) mass is 212 g/mol. The van der Waals surface area contributed by atoms with Gasteiger partial charge in [-0.3, -0.25) is 0 Å². The molecule has 0 spiro atoms. The number of halogens is 1. The highest BCUT2D eigenvalue weighted by atomic mass is 35.6. The lowest BCUT2D eigenvalue weighted by molar-refractivity contribution is 0.0746. The number of carbonyl (C=O) groups excluding carboxylic acids is 1. The second kappa shape index (κ2) is 4.44. The Kier molecular flexibility index (Phi) is 3.51. The highest BCUT2D eigenvalue weighted by Crippen LogP contribution is 2.13. The van der Waals surface area contributed by atoms with Crippen LogP contribution in [0.4, 0.5) is 0 Å². The van der Waals surface area contributed by atoms with Crippen molar-refractivity contribution in [1.29, 1.82) is 0 Å². The molecule has 0 fully saturated rings. The van der Waals surface area contributed by atoms with Crippen molar-refractivity contribution in [2.24, 2.45) is 0 Å². The van der Waals surface area contributed by atoms with Crippen LogP contribution in [0.25, 0.3) is 0 Å². The number of hydrogen-bond donors (Lipinski definition) is 0. The van der Waals surface area contributed by atoms with Gasteiger partial charge in [0, 0.05) is 0 Å². The van der Waals surface area contributed by atoms with Gasteiger partial charge in [0.15, 0.2) is 0 Å². The molecule has 0 unspecified atom stereocenters. The molecule has 0 saturated heterocycles. The average Bonchev–Trinajstić information content (AvgIpc) is 2.10. The highest BCUT2D eigenvalue weighted by molar-refractivity contribution is 6.90. The molecule has 0 aliphatic rings. The third-order valence-corrected chi connectivity index (χ3v) is 2.45. The summed E-state index contributed by atoms with van der Waals surface area (Å²) in [6.45, 7) is 3.85. The highest BCUT2D eigenvalue weighted by Gasteiger charge is 2.10. The number of rotatable bonds is 2. The van der Waals surface area contributed by atoms with Crippen molar-refractivity contribution >= 4 is 26.1 Å². The van der Waals surface area contributed by atoms with Gasteiger partial charge in [-0.15, -0.1) is 11.1 Å². The molecule has 0 atom stereocenters. The third-order valence-electron chi connectivity index (χ3n) is 1.96. The van der Waals surface area contributed by atoms with Gasteiger partial charge in [-0.2, -0.15) is 0 Å². The maximum atomic E-state index is 11.3. The van der Waals surface area contributed by atoms with E-state index in [2.05, 4.69) is 0 Å². The summed E-state index contributed by atoms with van der Waals surface area (Å²) in [5.41, 5.74) is 2.61. The van der Waals surface area contributed by atoms with Gasteiger partial charge in [0.2, 0.25) is 0 Å². The van der Waals surface area contributed by atoms with Crippen LogP contribution in [0.3, 0.4) is 0 Å². The van der Waals surface area contributed by atoms with Gasteiger partial charge >= 0.3 is 15.0 Å². The molecular formula is C9H9ClO2Si. The Morgan fingerprint density at radius 2 is 2.15 bits per heavy atom.